The van der Waals surface area contributed by atoms with E-state index in [-0.39, 0.29) is 5.75 Å². The Morgan fingerprint density at radius 3 is 2.76 bits per heavy atom. The normalized spacial score (nSPS) is 11.4. The molecule has 1 aromatic rings. The van der Waals surface area contributed by atoms with Crippen molar-refractivity contribution in [3.63, 3.8) is 0 Å². The zero-order valence-corrected chi connectivity index (χ0v) is 11.7. The molecule has 1 aromatic carbocycles. The highest BCUT2D eigenvalue weighted by atomic mass is 32.2. The molecule has 0 amide bonds. The number of benzene rings is 1. The monoisotopic (exact) mass is 274 g/mol. The molecule has 1 rings (SSSR count). The highest BCUT2D eigenvalue weighted by molar-refractivity contribution is 7.98. The maximum absolute atomic E-state index is 11.7. The molecule has 0 heterocycles. The molecule has 0 saturated carbocycles. The zero-order chi connectivity index (χ0) is 12.7. The van der Waals surface area contributed by atoms with Crippen LogP contribution < -0.4 is 10.0 Å². The Labute approximate surface area is 107 Å². The van der Waals surface area contributed by atoms with Crippen LogP contribution in [0.1, 0.15) is 6.92 Å². The Balaban J connectivity index is 2.62. The van der Waals surface area contributed by atoms with Gasteiger partial charge in [-0.15, -0.1) is 11.8 Å². The average molecular weight is 274 g/mol. The lowest BCUT2D eigenvalue weighted by atomic mass is 10.3. The average Bonchev–Trinajstić information content (AvgIpc) is 2.29. The molecule has 4 nitrogen and oxygen atoms in total. The van der Waals surface area contributed by atoms with Gasteiger partial charge in [0.1, 0.15) is 0 Å². The third-order valence-corrected chi connectivity index (χ3v) is 4.15. The highest BCUT2D eigenvalue weighted by Crippen LogP contribution is 2.19. The van der Waals surface area contributed by atoms with Crippen molar-refractivity contribution in [2.24, 2.45) is 0 Å². The van der Waals surface area contributed by atoms with Gasteiger partial charge in [0.25, 0.3) is 0 Å². The lowest BCUT2D eigenvalue weighted by Crippen LogP contribution is -2.26. The standard InChI is InChI=1S/C11H18N2O2S2/c1-3-12-7-8-17(14,15)13-10-5-4-6-11(9-10)16-2/h4-6,9,12-13H,3,7-8H2,1-2H3. The predicted octanol–water partition coefficient (Wildman–Crippen LogP) is 1.76. The molecule has 0 aromatic heterocycles. The second-order valence-electron chi connectivity index (χ2n) is 3.51. The number of hydrogen-bond donors (Lipinski definition) is 2. The third kappa shape index (κ3) is 5.43. The molecule has 0 aliphatic rings. The summed E-state index contributed by atoms with van der Waals surface area (Å²) in [7, 11) is -3.25. The summed E-state index contributed by atoms with van der Waals surface area (Å²) in [5.74, 6) is 0.0876. The Morgan fingerprint density at radius 1 is 1.35 bits per heavy atom. The Hall–Kier alpha value is -0.720. The van der Waals surface area contributed by atoms with Crippen LogP contribution in [0.3, 0.4) is 0 Å². The molecule has 6 heteroatoms. The number of anilines is 1. The minimum atomic E-state index is -3.25. The summed E-state index contributed by atoms with van der Waals surface area (Å²) in [6.07, 6.45) is 1.96. The van der Waals surface area contributed by atoms with Crippen molar-refractivity contribution >= 4 is 27.5 Å². The number of sulfonamides is 1. The molecule has 0 unspecified atom stereocenters. The van der Waals surface area contributed by atoms with Crippen molar-refractivity contribution in [1.29, 1.82) is 0 Å². The molecule has 0 radical (unpaired) electrons. The largest absolute Gasteiger partial charge is 0.316 e. The third-order valence-electron chi connectivity index (χ3n) is 2.14. The van der Waals surface area contributed by atoms with Crippen LogP contribution in [-0.4, -0.2) is 33.5 Å². The van der Waals surface area contributed by atoms with Gasteiger partial charge in [0.05, 0.1) is 5.75 Å². The molecule has 0 atom stereocenters. The van der Waals surface area contributed by atoms with Gasteiger partial charge in [-0.1, -0.05) is 13.0 Å². The first-order valence-electron chi connectivity index (χ1n) is 5.42. The molecular formula is C11H18N2O2S2. The van der Waals surface area contributed by atoms with E-state index in [0.717, 1.165) is 11.4 Å². The van der Waals surface area contributed by atoms with E-state index in [2.05, 4.69) is 10.0 Å². The summed E-state index contributed by atoms with van der Waals surface area (Å²) in [6, 6.07) is 7.37. The van der Waals surface area contributed by atoms with E-state index in [9.17, 15) is 8.42 Å². The van der Waals surface area contributed by atoms with Crippen LogP contribution in [0.15, 0.2) is 29.2 Å². The van der Waals surface area contributed by atoms with Crippen molar-refractivity contribution in [3.8, 4) is 0 Å². The smallest absolute Gasteiger partial charge is 0.233 e. The molecule has 96 valence electrons. The van der Waals surface area contributed by atoms with Crippen LogP contribution in [0, 0.1) is 0 Å². The van der Waals surface area contributed by atoms with Crippen LogP contribution >= 0.6 is 11.8 Å². The molecule has 2 N–H and O–H groups in total. The first kappa shape index (κ1) is 14.3. The predicted molar refractivity (Wildman–Crippen MR) is 74.2 cm³/mol. The second kappa shape index (κ2) is 6.88. The highest BCUT2D eigenvalue weighted by Gasteiger charge is 2.09. The van der Waals surface area contributed by atoms with Crippen LogP contribution in [0.25, 0.3) is 0 Å². The molecule has 0 spiro atoms. The van der Waals surface area contributed by atoms with Gasteiger partial charge in [-0.25, -0.2) is 8.42 Å². The Morgan fingerprint density at radius 2 is 2.12 bits per heavy atom. The van der Waals surface area contributed by atoms with E-state index in [0.29, 0.717) is 12.2 Å². The van der Waals surface area contributed by atoms with Crippen LogP contribution in [-0.2, 0) is 10.0 Å². The van der Waals surface area contributed by atoms with E-state index < -0.39 is 10.0 Å². The molecule has 0 saturated heterocycles. The zero-order valence-electron chi connectivity index (χ0n) is 10.1. The van der Waals surface area contributed by atoms with E-state index in [1.807, 2.05) is 31.4 Å². The van der Waals surface area contributed by atoms with Gasteiger partial charge < -0.3 is 5.32 Å². The second-order valence-corrected chi connectivity index (χ2v) is 6.23. The van der Waals surface area contributed by atoms with E-state index >= 15 is 0 Å². The van der Waals surface area contributed by atoms with Crippen molar-refractivity contribution in [2.45, 2.75) is 11.8 Å². The summed E-state index contributed by atoms with van der Waals surface area (Å²) in [4.78, 5) is 1.04. The van der Waals surface area contributed by atoms with Crippen molar-refractivity contribution in [1.82, 2.24) is 5.32 Å². The lowest BCUT2D eigenvalue weighted by Gasteiger charge is -2.09. The van der Waals surface area contributed by atoms with Gasteiger partial charge in [0, 0.05) is 17.1 Å². The van der Waals surface area contributed by atoms with Crippen LogP contribution in [0.4, 0.5) is 5.69 Å². The van der Waals surface area contributed by atoms with Crippen LogP contribution in [0.5, 0.6) is 0 Å². The van der Waals surface area contributed by atoms with Crippen molar-refractivity contribution in [2.75, 3.05) is 29.8 Å². The van der Waals surface area contributed by atoms with Gasteiger partial charge in [-0.2, -0.15) is 0 Å². The first-order valence-corrected chi connectivity index (χ1v) is 8.30. The van der Waals surface area contributed by atoms with Gasteiger partial charge in [0.2, 0.25) is 10.0 Å². The summed E-state index contributed by atoms with van der Waals surface area (Å²) in [5.41, 5.74) is 0.619. The summed E-state index contributed by atoms with van der Waals surface area (Å²) < 4.78 is 26.0. The van der Waals surface area contributed by atoms with Crippen LogP contribution in [0.2, 0.25) is 0 Å². The molecule has 0 fully saturated rings. The van der Waals surface area contributed by atoms with Crippen molar-refractivity contribution in [3.05, 3.63) is 24.3 Å². The van der Waals surface area contributed by atoms with E-state index in [1.165, 1.54) is 0 Å². The molecule has 0 aliphatic carbocycles. The Kier molecular flexibility index (Phi) is 5.80. The molecular weight excluding hydrogens is 256 g/mol. The maximum Gasteiger partial charge on any atom is 0.233 e. The van der Waals surface area contributed by atoms with Crippen molar-refractivity contribution < 1.29 is 8.42 Å². The fourth-order valence-corrected chi connectivity index (χ4v) is 2.76. The fraction of sp³-hybridized carbons (Fsp3) is 0.455. The first-order chi connectivity index (χ1) is 8.07. The molecule has 0 aliphatic heterocycles. The minimum Gasteiger partial charge on any atom is -0.316 e. The number of rotatable bonds is 7. The quantitative estimate of drug-likeness (QED) is 0.587. The minimum absolute atomic E-state index is 0.0876. The maximum atomic E-state index is 11.7. The SMILES string of the molecule is CCNCCS(=O)(=O)Nc1cccc(SC)c1. The van der Waals surface area contributed by atoms with Gasteiger partial charge in [-0.3, -0.25) is 4.72 Å². The Bertz CT molecular complexity index is 447. The molecule has 0 bridgehead atoms. The van der Waals surface area contributed by atoms with Gasteiger partial charge in [0.15, 0.2) is 0 Å². The topological polar surface area (TPSA) is 58.2 Å². The number of thioether (sulfide) groups is 1. The fourth-order valence-electron chi connectivity index (χ4n) is 1.30. The summed E-state index contributed by atoms with van der Waals surface area (Å²) in [5, 5.41) is 2.99. The molecule has 17 heavy (non-hydrogen) atoms. The summed E-state index contributed by atoms with van der Waals surface area (Å²) in [6.45, 7) is 3.19. The summed E-state index contributed by atoms with van der Waals surface area (Å²) >= 11 is 1.58. The van der Waals surface area contributed by atoms with E-state index in [4.69, 9.17) is 0 Å². The van der Waals surface area contributed by atoms with Gasteiger partial charge in [-0.05, 0) is 31.0 Å². The lowest BCUT2D eigenvalue weighted by molar-refractivity contribution is 0.597. The van der Waals surface area contributed by atoms with Gasteiger partial charge >= 0.3 is 0 Å². The number of nitrogens with one attached hydrogen (secondary N) is 2. The number of hydrogen-bond acceptors (Lipinski definition) is 4. The van der Waals surface area contributed by atoms with E-state index in [1.54, 1.807) is 17.8 Å².